The Hall–Kier alpha value is -1.38. The zero-order valence-corrected chi connectivity index (χ0v) is 16.4. The van der Waals surface area contributed by atoms with E-state index in [1.54, 1.807) is 18.4 Å². The van der Waals surface area contributed by atoms with E-state index in [2.05, 4.69) is 22.2 Å². The molecule has 2 heterocycles. The zero-order chi connectivity index (χ0) is 18.0. The van der Waals surface area contributed by atoms with Crippen LogP contribution in [-0.2, 0) is 22.4 Å². The number of rotatable bonds is 6. The van der Waals surface area contributed by atoms with Crippen molar-refractivity contribution in [3.63, 3.8) is 0 Å². The highest BCUT2D eigenvalue weighted by atomic mass is 32.2. The summed E-state index contributed by atoms with van der Waals surface area (Å²) < 4.78 is 5.02. The van der Waals surface area contributed by atoms with Crippen molar-refractivity contribution in [1.29, 1.82) is 0 Å². The van der Waals surface area contributed by atoms with Crippen molar-refractivity contribution >= 4 is 45.0 Å². The summed E-state index contributed by atoms with van der Waals surface area (Å²) in [6.45, 7) is 4.68. The highest BCUT2D eigenvalue weighted by Crippen LogP contribution is 2.39. The molecular weight excluding hydrogens is 356 g/mol. The number of nitrogens with zero attached hydrogens (tertiary/aromatic N) is 2. The molecule has 0 saturated heterocycles. The van der Waals surface area contributed by atoms with Crippen molar-refractivity contribution in [2.75, 3.05) is 25.2 Å². The Labute approximate surface area is 155 Å². The molecule has 0 radical (unpaired) electrons. The first kappa shape index (κ1) is 18.4. The molecule has 2 aromatic rings. The van der Waals surface area contributed by atoms with E-state index in [9.17, 15) is 4.79 Å². The van der Waals surface area contributed by atoms with Gasteiger partial charge in [-0.2, -0.15) is 0 Å². The van der Waals surface area contributed by atoms with Gasteiger partial charge in [0.25, 0.3) is 0 Å². The first-order chi connectivity index (χ1) is 12.0. The Morgan fingerprint density at radius 3 is 3.08 bits per heavy atom. The number of hydrogen-bond acceptors (Lipinski definition) is 7. The van der Waals surface area contributed by atoms with E-state index in [0.717, 1.165) is 23.1 Å². The first-order valence-electron chi connectivity index (χ1n) is 8.46. The number of aromatic nitrogens is 2. The maximum absolute atomic E-state index is 12.0. The van der Waals surface area contributed by atoms with Gasteiger partial charge in [-0.3, -0.25) is 4.79 Å². The van der Waals surface area contributed by atoms with E-state index in [1.807, 2.05) is 6.92 Å². The second-order valence-corrected chi connectivity index (χ2v) is 8.66. The Morgan fingerprint density at radius 1 is 1.52 bits per heavy atom. The summed E-state index contributed by atoms with van der Waals surface area (Å²) in [5.41, 5.74) is 7.54. The summed E-state index contributed by atoms with van der Waals surface area (Å²) in [5, 5.41) is 4.46. The third-order valence-electron chi connectivity index (χ3n) is 4.32. The van der Waals surface area contributed by atoms with Gasteiger partial charge >= 0.3 is 0 Å². The summed E-state index contributed by atoms with van der Waals surface area (Å²) in [5.74, 6) is 1.45. The van der Waals surface area contributed by atoms with Crippen LogP contribution in [0.5, 0.6) is 0 Å². The second-order valence-electron chi connectivity index (χ2n) is 6.64. The molecule has 3 N–H and O–H groups in total. The standard InChI is InChI=1S/C17H24N4O2S2/c1-9-4-5-11-12(6-9)25-16-14(11)15(18)20-17(21-16)24-8-13(22)19-10(2)7-23-3/h9-10H,4-8H2,1-3H3,(H,19,22)(H2,18,20,21). The van der Waals surface area contributed by atoms with Gasteiger partial charge in [0.05, 0.1) is 17.7 Å². The van der Waals surface area contributed by atoms with Crippen LogP contribution in [0.3, 0.4) is 0 Å². The number of anilines is 1. The number of carbonyl (C=O) groups is 1. The van der Waals surface area contributed by atoms with Gasteiger partial charge in [0, 0.05) is 18.0 Å². The Bertz CT molecular complexity index is 778. The van der Waals surface area contributed by atoms with Gasteiger partial charge in [-0.1, -0.05) is 18.7 Å². The van der Waals surface area contributed by atoms with Gasteiger partial charge in [0.2, 0.25) is 5.91 Å². The number of nitrogens with two attached hydrogens (primary N) is 1. The van der Waals surface area contributed by atoms with E-state index in [1.165, 1.54) is 28.6 Å². The molecule has 0 spiro atoms. The molecule has 25 heavy (non-hydrogen) atoms. The molecule has 3 rings (SSSR count). The molecule has 1 amide bonds. The number of amides is 1. The highest BCUT2D eigenvalue weighted by Gasteiger charge is 2.23. The molecule has 0 bridgehead atoms. The number of methoxy groups -OCH3 is 1. The number of fused-ring (bicyclic) bond motifs is 3. The van der Waals surface area contributed by atoms with Gasteiger partial charge in [-0.05, 0) is 37.7 Å². The summed E-state index contributed by atoms with van der Waals surface area (Å²) in [6.07, 6.45) is 3.34. The molecule has 1 aliphatic rings. The topological polar surface area (TPSA) is 90.1 Å². The minimum Gasteiger partial charge on any atom is -0.383 e. The van der Waals surface area contributed by atoms with Gasteiger partial charge in [0.15, 0.2) is 5.16 Å². The summed E-state index contributed by atoms with van der Waals surface area (Å²) in [7, 11) is 1.62. The monoisotopic (exact) mass is 380 g/mol. The lowest BCUT2D eigenvalue weighted by Crippen LogP contribution is -2.36. The number of ether oxygens (including phenoxy) is 1. The molecule has 2 atom stereocenters. The molecule has 0 aromatic carbocycles. The first-order valence-corrected chi connectivity index (χ1v) is 10.3. The van der Waals surface area contributed by atoms with Crippen LogP contribution in [0, 0.1) is 5.92 Å². The van der Waals surface area contributed by atoms with Gasteiger partial charge in [-0.15, -0.1) is 11.3 Å². The van der Waals surface area contributed by atoms with E-state index in [4.69, 9.17) is 10.5 Å². The van der Waals surface area contributed by atoms with Crippen LogP contribution in [-0.4, -0.2) is 41.4 Å². The fourth-order valence-electron chi connectivity index (χ4n) is 3.15. The summed E-state index contributed by atoms with van der Waals surface area (Å²) in [6, 6.07) is -0.0161. The average molecular weight is 381 g/mol. The third-order valence-corrected chi connectivity index (χ3v) is 6.31. The maximum Gasteiger partial charge on any atom is 0.230 e. The van der Waals surface area contributed by atoms with Crippen LogP contribution in [0.4, 0.5) is 5.82 Å². The highest BCUT2D eigenvalue weighted by molar-refractivity contribution is 7.99. The quantitative estimate of drug-likeness (QED) is 0.591. The number of carbonyl (C=O) groups excluding carboxylic acids is 1. The van der Waals surface area contributed by atoms with Crippen molar-refractivity contribution in [1.82, 2.24) is 15.3 Å². The number of nitrogen functional groups attached to an aromatic ring is 1. The maximum atomic E-state index is 12.0. The van der Waals surface area contributed by atoms with Crippen molar-refractivity contribution in [2.45, 2.75) is 44.3 Å². The lowest BCUT2D eigenvalue weighted by molar-refractivity contribution is -0.119. The van der Waals surface area contributed by atoms with Crippen LogP contribution >= 0.6 is 23.1 Å². The lowest BCUT2D eigenvalue weighted by atomic mass is 9.89. The van der Waals surface area contributed by atoms with Crippen molar-refractivity contribution in [3.8, 4) is 0 Å². The Morgan fingerprint density at radius 2 is 2.32 bits per heavy atom. The van der Waals surface area contributed by atoms with Crippen LogP contribution < -0.4 is 11.1 Å². The van der Waals surface area contributed by atoms with E-state index < -0.39 is 0 Å². The number of nitrogens with one attached hydrogen (secondary N) is 1. The molecule has 1 aliphatic carbocycles. The molecule has 6 nitrogen and oxygen atoms in total. The predicted molar refractivity (Wildman–Crippen MR) is 103 cm³/mol. The minimum atomic E-state index is -0.0592. The Kier molecular flexibility index (Phi) is 5.81. The molecule has 2 aromatic heterocycles. The molecule has 0 saturated carbocycles. The molecular formula is C17H24N4O2S2. The van der Waals surface area contributed by atoms with E-state index in [0.29, 0.717) is 23.5 Å². The summed E-state index contributed by atoms with van der Waals surface area (Å²) in [4.78, 5) is 23.4. The van der Waals surface area contributed by atoms with Crippen molar-refractivity contribution in [3.05, 3.63) is 10.4 Å². The largest absolute Gasteiger partial charge is 0.383 e. The van der Waals surface area contributed by atoms with Crippen molar-refractivity contribution < 1.29 is 9.53 Å². The minimum absolute atomic E-state index is 0.0161. The van der Waals surface area contributed by atoms with Gasteiger partial charge < -0.3 is 15.8 Å². The van der Waals surface area contributed by atoms with Crippen molar-refractivity contribution in [2.24, 2.45) is 5.92 Å². The van der Waals surface area contributed by atoms with E-state index >= 15 is 0 Å². The fraction of sp³-hybridized carbons (Fsp3) is 0.588. The number of thiophene rings is 1. The molecule has 8 heteroatoms. The average Bonchev–Trinajstić information content (AvgIpc) is 2.90. The fourth-order valence-corrected chi connectivity index (χ4v) is 5.26. The van der Waals surface area contributed by atoms with Crippen LogP contribution in [0.1, 0.15) is 30.7 Å². The molecule has 136 valence electrons. The second kappa shape index (κ2) is 7.88. The Balaban J connectivity index is 1.72. The summed E-state index contributed by atoms with van der Waals surface area (Å²) >= 11 is 3.04. The van der Waals surface area contributed by atoms with Crippen LogP contribution in [0.15, 0.2) is 5.16 Å². The normalized spacial score (nSPS) is 18.1. The molecule has 0 aliphatic heterocycles. The lowest BCUT2D eigenvalue weighted by Gasteiger charge is -2.17. The number of thioether (sulfide) groups is 1. The third kappa shape index (κ3) is 4.24. The predicted octanol–water partition coefficient (Wildman–Crippen LogP) is 2.64. The molecule has 0 fully saturated rings. The van der Waals surface area contributed by atoms with Crippen LogP contribution in [0.25, 0.3) is 10.2 Å². The molecule has 2 unspecified atom stereocenters. The zero-order valence-electron chi connectivity index (χ0n) is 14.8. The SMILES string of the molecule is COCC(C)NC(=O)CSc1nc(N)c2c3c(sc2n1)CC(C)CC3. The number of aryl methyl sites for hydroxylation is 1. The van der Waals surface area contributed by atoms with Gasteiger partial charge in [0.1, 0.15) is 10.6 Å². The smallest absolute Gasteiger partial charge is 0.230 e. The number of hydrogen-bond donors (Lipinski definition) is 2. The van der Waals surface area contributed by atoms with E-state index in [-0.39, 0.29) is 17.7 Å². The van der Waals surface area contributed by atoms with Crippen LogP contribution in [0.2, 0.25) is 0 Å². The van der Waals surface area contributed by atoms with Gasteiger partial charge in [-0.25, -0.2) is 9.97 Å².